The minimum atomic E-state index is 0.603. The van der Waals surface area contributed by atoms with Gasteiger partial charge in [0, 0.05) is 11.6 Å². The fourth-order valence-corrected chi connectivity index (χ4v) is 3.45. The molecule has 1 aliphatic rings. The maximum atomic E-state index is 6.08. The quantitative estimate of drug-likeness (QED) is 0.905. The predicted octanol–water partition coefficient (Wildman–Crippen LogP) is 4.49. The van der Waals surface area contributed by atoms with E-state index in [0.29, 0.717) is 5.95 Å². The molecule has 0 amide bonds. The fraction of sp³-hybridized carbons (Fsp3) is 0.562. The number of imidazole rings is 1. The van der Waals surface area contributed by atoms with Gasteiger partial charge in [0.25, 0.3) is 0 Å². The highest BCUT2D eigenvalue weighted by Gasteiger charge is 2.18. The number of halogens is 1. The zero-order valence-corrected chi connectivity index (χ0v) is 12.7. The largest absolute Gasteiger partial charge is 0.369 e. The Morgan fingerprint density at radius 1 is 1.30 bits per heavy atom. The predicted molar refractivity (Wildman–Crippen MR) is 84.9 cm³/mol. The molecule has 3 nitrogen and oxygen atoms in total. The summed E-state index contributed by atoms with van der Waals surface area (Å²) in [5, 5.41) is 0.741. The lowest BCUT2D eigenvalue weighted by molar-refractivity contribution is 0.270. The maximum absolute atomic E-state index is 6.08. The second-order valence-electron chi connectivity index (χ2n) is 6.17. The van der Waals surface area contributed by atoms with Crippen LogP contribution in [0.15, 0.2) is 18.2 Å². The van der Waals surface area contributed by atoms with Gasteiger partial charge in [0.05, 0.1) is 11.0 Å². The molecule has 108 valence electrons. The number of aromatic nitrogens is 2. The molecule has 3 rings (SSSR count). The summed E-state index contributed by atoms with van der Waals surface area (Å²) >= 11 is 6.08. The summed E-state index contributed by atoms with van der Waals surface area (Å²) in [6, 6.07) is 5.76. The Hall–Kier alpha value is -1.22. The second-order valence-corrected chi connectivity index (χ2v) is 6.61. The van der Waals surface area contributed by atoms with Crippen LogP contribution in [-0.2, 0) is 6.54 Å². The van der Waals surface area contributed by atoms with Crippen LogP contribution in [0.4, 0.5) is 5.95 Å². The van der Waals surface area contributed by atoms with E-state index in [1.54, 1.807) is 0 Å². The highest BCUT2D eigenvalue weighted by molar-refractivity contribution is 6.31. The van der Waals surface area contributed by atoms with Crippen molar-refractivity contribution >= 4 is 28.6 Å². The summed E-state index contributed by atoms with van der Waals surface area (Å²) in [4.78, 5) is 4.41. The minimum absolute atomic E-state index is 0.603. The Labute approximate surface area is 125 Å². The molecule has 1 saturated carbocycles. The summed E-state index contributed by atoms with van der Waals surface area (Å²) in [5.74, 6) is 2.35. The van der Waals surface area contributed by atoms with Gasteiger partial charge in [-0.15, -0.1) is 0 Å². The van der Waals surface area contributed by atoms with Gasteiger partial charge in [-0.05, 0) is 36.5 Å². The molecule has 2 N–H and O–H groups in total. The van der Waals surface area contributed by atoms with Crippen molar-refractivity contribution in [3.8, 4) is 0 Å². The van der Waals surface area contributed by atoms with Crippen molar-refractivity contribution in [1.29, 1.82) is 0 Å². The number of benzene rings is 1. The lowest BCUT2D eigenvalue weighted by Gasteiger charge is -2.26. The summed E-state index contributed by atoms with van der Waals surface area (Å²) in [5.41, 5.74) is 8.04. The van der Waals surface area contributed by atoms with E-state index in [0.717, 1.165) is 34.4 Å². The molecule has 0 atom stereocenters. The lowest BCUT2D eigenvalue weighted by atomic mass is 9.81. The van der Waals surface area contributed by atoms with Crippen LogP contribution in [0, 0.1) is 11.8 Å². The van der Waals surface area contributed by atoms with Crippen molar-refractivity contribution < 1.29 is 0 Å². The Morgan fingerprint density at radius 2 is 2.05 bits per heavy atom. The standard InChI is InChI=1S/C16H22ClN3/c1-11-2-4-12(5-3-11)8-9-20-15-10-13(17)6-7-14(15)19-16(20)18/h6-7,10-12H,2-5,8-9H2,1H3,(H2,18,19). The average molecular weight is 292 g/mol. The van der Waals surface area contributed by atoms with E-state index >= 15 is 0 Å². The molecule has 2 aromatic rings. The molecule has 1 aromatic heterocycles. The Kier molecular flexibility index (Phi) is 3.88. The number of hydrogen-bond donors (Lipinski definition) is 1. The normalized spacial score (nSPS) is 23.3. The first-order chi connectivity index (χ1) is 9.63. The van der Waals surface area contributed by atoms with Crippen LogP contribution in [0.2, 0.25) is 5.02 Å². The third-order valence-electron chi connectivity index (χ3n) is 4.64. The van der Waals surface area contributed by atoms with E-state index < -0.39 is 0 Å². The second kappa shape index (κ2) is 5.65. The zero-order valence-electron chi connectivity index (χ0n) is 12.0. The van der Waals surface area contributed by atoms with Crippen LogP contribution in [0.5, 0.6) is 0 Å². The molecule has 1 aliphatic carbocycles. The highest BCUT2D eigenvalue weighted by atomic mass is 35.5. The summed E-state index contributed by atoms with van der Waals surface area (Å²) in [7, 11) is 0. The zero-order chi connectivity index (χ0) is 14.1. The van der Waals surface area contributed by atoms with Crippen molar-refractivity contribution in [3.05, 3.63) is 23.2 Å². The number of rotatable bonds is 3. The van der Waals surface area contributed by atoms with E-state index in [1.807, 2.05) is 18.2 Å². The lowest BCUT2D eigenvalue weighted by Crippen LogP contribution is -2.15. The molecule has 0 unspecified atom stereocenters. The number of anilines is 1. The van der Waals surface area contributed by atoms with E-state index in [-0.39, 0.29) is 0 Å². The topological polar surface area (TPSA) is 43.8 Å². The van der Waals surface area contributed by atoms with Gasteiger partial charge in [-0.1, -0.05) is 44.2 Å². The van der Waals surface area contributed by atoms with Crippen LogP contribution < -0.4 is 5.73 Å². The van der Waals surface area contributed by atoms with Crippen LogP contribution >= 0.6 is 11.6 Å². The van der Waals surface area contributed by atoms with Crippen molar-refractivity contribution in [2.45, 2.75) is 45.6 Å². The molecule has 0 saturated heterocycles. The Morgan fingerprint density at radius 3 is 2.80 bits per heavy atom. The molecule has 0 aliphatic heterocycles. The van der Waals surface area contributed by atoms with Gasteiger partial charge in [-0.2, -0.15) is 0 Å². The Balaban J connectivity index is 1.74. The first-order valence-corrected chi connectivity index (χ1v) is 7.92. The smallest absolute Gasteiger partial charge is 0.201 e. The SMILES string of the molecule is CC1CCC(CCn2c(N)nc3ccc(Cl)cc32)CC1. The first-order valence-electron chi connectivity index (χ1n) is 7.54. The van der Waals surface area contributed by atoms with Gasteiger partial charge >= 0.3 is 0 Å². The van der Waals surface area contributed by atoms with Crippen molar-refractivity contribution in [1.82, 2.24) is 9.55 Å². The number of hydrogen-bond acceptors (Lipinski definition) is 2. The number of nitrogens with zero attached hydrogens (tertiary/aromatic N) is 2. The number of nitrogen functional groups attached to an aromatic ring is 1. The number of fused-ring (bicyclic) bond motifs is 1. The molecule has 4 heteroatoms. The number of nitrogens with two attached hydrogens (primary N) is 1. The van der Waals surface area contributed by atoms with E-state index in [4.69, 9.17) is 17.3 Å². The molecule has 0 bridgehead atoms. The van der Waals surface area contributed by atoms with Gasteiger partial charge in [0.1, 0.15) is 0 Å². The molecule has 20 heavy (non-hydrogen) atoms. The number of aryl methyl sites for hydroxylation is 1. The summed E-state index contributed by atoms with van der Waals surface area (Å²) < 4.78 is 2.11. The monoisotopic (exact) mass is 291 g/mol. The van der Waals surface area contributed by atoms with Gasteiger partial charge in [-0.25, -0.2) is 4.98 Å². The molecule has 0 radical (unpaired) electrons. The van der Waals surface area contributed by atoms with Gasteiger partial charge in [0.2, 0.25) is 5.95 Å². The molecule has 0 spiro atoms. The highest BCUT2D eigenvalue weighted by Crippen LogP contribution is 2.31. The van der Waals surface area contributed by atoms with Gasteiger partial charge in [-0.3, -0.25) is 0 Å². The molecule has 1 heterocycles. The summed E-state index contributed by atoms with van der Waals surface area (Å²) in [6.07, 6.45) is 6.64. The van der Waals surface area contributed by atoms with Crippen LogP contribution in [0.25, 0.3) is 11.0 Å². The van der Waals surface area contributed by atoms with E-state index in [9.17, 15) is 0 Å². The maximum Gasteiger partial charge on any atom is 0.201 e. The molecule has 1 aromatic carbocycles. The average Bonchev–Trinajstić information content (AvgIpc) is 2.73. The van der Waals surface area contributed by atoms with Crippen molar-refractivity contribution in [3.63, 3.8) is 0 Å². The minimum Gasteiger partial charge on any atom is -0.369 e. The van der Waals surface area contributed by atoms with Crippen LogP contribution in [0.3, 0.4) is 0 Å². The van der Waals surface area contributed by atoms with Crippen molar-refractivity contribution in [2.75, 3.05) is 5.73 Å². The third-order valence-corrected chi connectivity index (χ3v) is 4.87. The molecule has 1 fully saturated rings. The van der Waals surface area contributed by atoms with Crippen molar-refractivity contribution in [2.24, 2.45) is 11.8 Å². The van der Waals surface area contributed by atoms with Crippen LogP contribution in [0.1, 0.15) is 39.0 Å². The van der Waals surface area contributed by atoms with Gasteiger partial charge in [0.15, 0.2) is 0 Å². The first kappa shape index (κ1) is 13.7. The van der Waals surface area contributed by atoms with E-state index in [2.05, 4.69) is 16.5 Å². The molecular weight excluding hydrogens is 270 g/mol. The Bertz CT molecular complexity index is 597. The molecular formula is C16H22ClN3. The summed E-state index contributed by atoms with van der Waals surface area (Å²) in [6.45, 7) is 3.31. The third kappa shape index (κ3) is 2.78. The fourth-order valence-electron chi connectivity index (χ4n) is 3.28. The van der Waals surface area contributed by atoms with E-state index in [1.165, 1.54) is 32.1 Å². The van der Waals surface area contributed by atoms with Gasteiger partial charge < -0.3 is 10.3 Å². The van der Waals surface area contributed by atoms with Crippen LogP contribution in [-0.4, -0.2) is 9.55 Å².